The van der Waals surface area contributed by atoms with Crippen LogP contribution in [0.3, 0.4) is 0 Å². The molecule has 0 unspecified atom stereocenters. The molecule has 25 heavy (non-hydrogen) atoms. The molecule has 3 heterocycles. The fraction of sp³-hybridized carbons (Fsp3) is 0.150. The molecule has 0 saturated heterocycles. The van der Waals surface area contributed by atoms with Crippen LogP contribution in [-0.4, -0.2) is 10.7 Å². The summed E-state index contributed by atoms with van der Waals surface area (Å²) in [6.07, 6.45) is 0.619. The number of thiophene rings is 1. The molecule has 5 rings (SSSR count). The van der Waals surface area contributed by atoms with Gasteiger partial charge in [0, 0.05) is 22.6 Å². The van der Waals surface area contributed by atoms with Gasteiger partial charge in [-0.05, 0) is 29.6 Å². The van der Waals surface area contributed by atoms with E-state index >= 15 is 0 Å². The van der Waals surface area contributed by atoms with Crippen LogP contribution in [0.1, 0.15) is 34.7 Å². The van der Waals surface area contributed by atoms with Gasteiger partial charge in [0.05, 0.1) is 16.6 Å². The molecule has 0 saturated carbocycles. The van der Waals surface area contributed by atoms with E-state index in [0.717, 1.165) is 23.4 Å². The van der Waals surface area contributed by atoms with Crippen LogP contribution in [0.4, 0.5) is 0 Å². The maximum absolute atomic E-state index is 6.32. The van der Waals surface area contributed by atoms with E-state index in [1.54, 1.807) is 11.3 Å². The lowest BCUT2D eigenvalue weighted by atomic mass is 9.98. The van der Waals surface area contributed by atoms with Gasteiger partial charge in [0.2, 0.25) is 6.23 Å². The van der Waals surface area contributed by atoms with Gasteiger partial charge >= 0.3 is 0 Å². The summed E-state index contributed by atoms with van der Waals surface area (Å²) in [7, 11) is 0. The Labute approximate surface area is 155 Å². The van der Waals surface area contributed by atoms with Gasteiger partial charge in [0.1, 0.15) is 5.75 Å². The van der Waals surface area contributed by atoms with Crippen molar-refractivity contribution in [3.05, 3.63) is 87.1 Å². The van der Waals surface area contributed by atoms with Crippen molar-refractivity contribution in [3.8, 4) is 5.75 Å². The molecule has 0 amide bonds. The molecule has 0 radical (unpaired) electrons. The first-order valence-electron chi connectivity index (χ1n) is 8.20. The summed E-state index contributed by atoms with van der Waals surface area (Å²) in [5.74, 6) is 0.927. The Kier molecular flexibility index (Phi) is 3.54. The number of halogens is 1. The molecule has 0 fully saturated rings. The summed E-state index contributed by atoms with van der Waals surface area (Å²) in [4.78, 5) is 1.22. The summed E-state index contributed by atoms with van der Waals surface area (Å²) >= 11 is 7.94. The Balaban J connectivity index is 1.62. The van der Waals surface area contributed by atoms with Crippen molar-refractivity contribution >= 4 is 28.6 Å². The third kappa shape index (κ3) is 2.53. The quantitative estimate of drug-likeness (QED) is 0.586. The van der Waals surface area contributed by atoms with Gasteiger partial charge in [0.15, 0.2) is 0 Å². The average Bonchev–Trinajstić information content (AvgIpc) is 3.30. The smallest absolute Gasteiger partial charge is 0.213 e. The molecule has 3 aromatic rings. The average molecular weight is 367 g/mol. The Morgan fingerprint density at radius 3 is 2.84 bits per heavy atom. The fourth-order valence-electron chi connectivity index (χ4n) is 3.51. The van der Waals surface area contributed by atoms with Crippen LogP contribution in [0.5, 0.6) is 5.75 Å². The second-order valence-corrected chi connectivity index (χ2v) is 7.57. The largest absolute Gasteiger partial charge is 0.464 e. The highest BCUT2D eigenvalue weighted by molar-refractivity contribution is 7.12. The number of hydrazone groups is 1. The topological polar surface area (TPSA) is 24.8 Å². The van der Waals surface area contributed by atoms with Crippen LogP contribution < -0.4 is 4.74 Å². The van der Waals surface area contributed by atoms with Gasteiger partial charge in [0.25, 0.3) is 0 Å². The van der Waals surface area contributed by atoms with Gasteiger partial charge in [-0.2, -0.15) is 5.10 Å². The van der Waals surface area contributed by atoms with Crippen LogP contribution in [0.2, 0.25) is 5.02 Å². The molecular weight excluding hydrogens is 352 g/mol. The van der Waals surface area contributed by atoms with E-state index in [1.165, 1.54) is 10.4 Å². The molecule has 2 aliphatic rings. The summed E-state index contributed by atoms with van der Waals surface area (Å²) in [5, 5.41) is 9.82. The molecule has 0 spiro atoms. The summed E-state index contributed by atoms with van der Waals surface area (Å²) in [6.45, 7) is 0. The third-order valence-electron chi connectivity index (χ3n) is 4.64. The van der Waals surface area contributed by atoms with Gasteiger partial charge in [-0.1, -0.05) is 48.0 Å². The number of hydrogen-bond acceptors (Lipinski definition) is 4. The number of para-hydroxylation sites is 1. The Hall–Kier alpha value is -2.30. The molecule has 124 valence electrons. The molecule has 5 heteroatoms. The number of hydrogen-bond donors (Lipinski definition) is 0. The van der Waals surface area contributed by atoms with Gasteiger partial charge < -0.3 is 4.74 Å². The van der Waals surface area contributed by atoms with Crippen molar-refractivity contribution in [1.29, 1.82) is 0 Å². The predicted molar refractivity (Wildman–Crippen MR) is 101 cm³/mol. The third-order valence-corrected chi connectivity index (χ3v) is 5.79. The minimum absolute atomic E-state index is 0.186. The number of nitrogens with zero attached hydrogens (tertiary/aromatic N) is 2. The second kappa shape index (κ2) is 5.90. The van der Waals surface area contributed by atoms with E-state index in [-0.39, 0.29) is 12.3 Å². The van der Waals surface area contributed by atoms with Gasteiger partial charge in [-0.3, -0.25) is 0 Å². The molecule has 2 aliphatic heterocycles. The standard InChI is InChI=1S/C20H15ClN2OS/c21-14-6-3-5-13(11-14)20-23-17(15-7-1-2-8-18(15)24-20)12-16(22-23)19-9-4-10-25-19/h1-11,17,20H,12H2/t17-,20-/m0/s1. The molecule has 2 atom stereocenters. The summed E-state index contributed by atoms with van der Waals surface area (Å²) in [5.41, 5.74) is 3.33. The first kappa shape index (κ1) is 15.0. The second-order valence-electron chi connectivity index (χ2n) is 6.19. The van der Waals surface area contributed by atoms with E-state index in [9.17, 15) is 0 Å². The molecular formula is C20H15ClN2OS. The van der Waals surface area contributed by atoms with Crippen molar-refractivity contribution in [2.24, 2.45) is 5.10 Å². The fourth-order valence-corrected chi connectivity index (χ4v) is 4.43. The highest BCUT2D eigenvalue weighted by Crippen LogP contribution is 2.47. The predicted octanol–water partition coefficient (Wildman–Crippen LogP) is 5.64. The highest BCUT2D eigenvalue weighted by atomic mass is 35.5. The summed E-state index contributed by atoms with van der Waals surface area (Å²) < 4.78 is 6.32. The zero-order valence-electron chi connectivity index (χ0n) is 13.3. The monoisotopic (exact) mass is 366 g/mol. The Bertz CT molecular complexity index is 954. The van der Waals surface area contributed by atoms with E-state index < -0.39 is 0 Å². The van der Waals surface area contributed by atoms with Crippen molar-refractivity contribution < 1.29 is 4.74 Å². The number of ether oxygens (including phenoxy) is 1. The minimum Gasteiger partial charge on any atom is -0.464 e. The molecule has 3 nitrogen and oxygen atoms in total. The lowest BCUT2D eigenvalue weighted by molar-refractivity contribution is -0.0190. The molecule has 0 N–H and O–H groups in total. The zero-order valence-corrected chi connectivity index (χ0v) is 14.9. The molecule has 1 aromatic heterocycles. The van der Waals surface area contributed by atoms with Crippen LogP contribution in [0.15, 0.2) is 71.1 Å². The zero-order chi connectivity index (χ0) is 16.8. The molecule has 2 aromatic carbocycles. The van der Waals surface area contributed by atoms with Crippen LogP contribution in [0, 0.1) is 0 Å². The first-order chi connectivity index (χ1) is 12.3. The van der Waals surface area contributed by atoms with E-state index in [2.05, 4.69) is 34.7 Å². The van der Waals surface area contributed by atoms with E-state index in [4.69, 9.17) is 21.4 Å². The Morgan fingerprint density at radius 1 is 1.08 bits per heavy atom. The van der Waals surface area contributed by atoms with Crippen molar-refractivity contribution in [1.82, 2.24) is 5.01 Å². The van der Waals surface area contributed by atoms with Crippen LogP contribution in [-0.2, 0) is 0 Å². The maximum atomic E-state index is 6.32. The normalized spacial score (nSPS) is 21.3. The van der Waals surface area contributed by atoms with E-state index in [1.807, 2.05) is 36.4 Å². The number of fused-ring (bicyclic) bond motifs is 3. The SMILES string of the molecule is Clc1cccc([C@@H]2Oc3ccccc3[C@@H]3CC(c4cccs4)=NN32)c1. The van der Waals surface area contributed by atoms with Crippen molar-refractivity contribution in [3.63, 3.8) is 0 Å². The van der Waals surface area contributed by atoms with Gasteiger partial charge in [-0.15, -0.1) is 11.3 Å². The first-order valence-corrected chi connectivity index (χ1v) is 9.46. The van der Waals surface area contributed by atoms with Crippen molar-refractivity contribution in [2.45, 2.75) is 18.7 Å². The summed E-state index contributed by atoms with van der Waals surface area (Å²) in [6, 6.07) is 20.5. The number of rotatable bonds is 2. The maximum Gasteiger partial charge on any atom is 0.213 e. The van der Waals surface area contributed by atoms with Gasteiger partial charge in [-0.25, -0.2) is 5.01 Å². The minimum atomic E-state index is -0.268. The van der Waals surface area contributed by atoms with Crippen LogP contribution in [0.25, 0.3) is 0 Å². The molecule has 0 bridgehead atoms. The Morgan fingerprint density at radius 2 is 2.00 bits per heavy atom. The highest BCUT2D eigenvalue weighted by Gasteiger charge is 2.40. The molecule has 0 aliphatic carbocycles. The van der Waals surface area contributed by atoms with E-state index in [0.29, 0.717) is 5.02 Å². The van der Waals surface area contributed by atoms with Crippen LogP contribution >= 0.6 is 22.9 Å². The lowest BCUT2D eigenvalue weighted by Gasteiger charge is -2.38. The number of benzene rings is 2. The lowest BCUT2D eigenvalue weighted by Crippen LogP contribution is -2.33. The van der Waals surface area contributed by atoms with Crippen molar-refractivity contribution in [2.75, 3.05) is 0 Å².